The summed E-state index contributed by atoms with van der Waals surface area (Å²) >= 11 is 0. The first-order valence-electron chi connectivity index (χ1n) is 13.2. The number of hydrogen-bond donors (Lipinski definition) is 2. The highest BCUT2D eigenvalue weighted by Crippen LogP contribution is 2.38. The first-order valence-corrected chi connectivity index (χ1v) is 13.2. The molecule has 0 bridgehead atoms. The minimum absolute atomic E-state index is 0.0173. The zero-order valence-corrected chi connectivity index (χ0v) is 22.0. The molecule has 0 unspecified atom stereocenters. The lowest BCUT2D eigenvalue weighted by Gasteiger charge is -2.42. The molecule has 0 radical (unpaired) electrons. The van der Waals surface area contributed by atoms with Gasteiger partial charge in [-0.1, -0.05) is 0 Å². The number of piperidine rings is 2. The van der Waals surface area contributed by atoms with Gasteiger partial charge in [0.15, 0.2) is 5.82 Å². The Morgan fingerprint density at radius 3 is 2.51 bits per heavy atom. The van der Waals surface area contributed by atoms with Gasteiger partial charge in [-0.25, -0.2) is 23.4 Å². The van der Waals surface area contributed by atoms with Crippen molar-refractivity contribution in [2.75, 3.05) is 55.8 Å². The summed E-state index contributed by atoms with van der Waals surface area (Å²) in [6.07, 6.45) is 3.80. The number of nitrogens with one attached hydrogen (secondary N) is 2. The first kappa shape index (κ1) is 26.9. The van der Waals surface area contributed by atoms with Crippen molar-refractivity contribution in [2.45, 2.75) is 56.1 Å². The van der Waals surface area contributed by atoms with Crippen molar-refractivity contribution in [1.29, 1.82) is 0 Å². The van der Waals surface area contributed by atoms with Crippen LogP contribution in [0.1, 0.15) is 43.7 Å². The predicted octanol–water partition coefficient (Wildman–Crippen LogP) is 3.16. The van der Waals surface area contributed by atoms with Gasteiger partial charge in [0.1, 0.15) is 18.0 Å². The molecule has 14 heteroatoms. The molecule has 0 spiro atoms. The minimum atomic E-state index is -3.13. The Hall–Kier alpha value is -3.68. The zero-order valence-electron chi connectivity index (χ0n) is 22.0. The van der Waals surface area contributed by atoms with Crippen LogP contribution in [-0.4, -0.2) is 100 Å². The van der Waals surface area contributed by atoms with E-state index < -0.39 is 30.5 Å². The maximum atomic E-state index is 15.0. The molecular weight excluding hydrogens is 512 g/mol. The van der Waals surface area contributed by atoms with Gasteiger partial charge in [0.25, 0.3) is 5.92 Å². The third-order valence-electron chi connectivity index (χ3n) is 7.39. The fourth-order valence-corrected chi connectivity index (χ4v) is 4.78. The average molecular weight is 546 g/mol. The number of ether oxygens (including phenoxy) is 1. The number of likely N-dealkylation sites (N-methyl/N-ethyl adjacent to an activating group) is 1. The van der Waals surface area contributed by atoms with Crippen molar-refractivity contribution >= 4 is 29.7 Å². The van der Waals surface area contributed by atoms with Gasteiger partial charge in [-0.3, -0.25) is 10.6 Å². The fraction of sp³-hybridized carbons (Fsp3) is 0.600. The molecule has 4 heterocycles. The molecule has 39 heavy (non-hydrogen) atoms. The smallest absolute Gasteiger partial charge is 0.413 e. The number of amides is 3. The molecule has 210 valence electrons. The molecule has 2 aromatic rings. The quantitative estimate of drug-likeness (QED) is 0.562. The first-order chi connectivity index (χ1) is 18.7. The largest absolute Gasteiger partial charge is 0.446 e. The van der Waals surface area contributed by atoms with Crippen LogP contribution in [-0.2, 0) is 4.74 Å². The van der Waals surface area contributed by atoms with Crippen molar-refractivity contribution in [3.63, 3.8) is 0 Å². The van der Waals surface area contributed by atoms with E-state index in [1.54, 1.807) is 17.0 Å². The van der Waals surface area contributed by atoms with Crippen LogP contribution < -0.4 is 15.5 Å². The molecule has 3 fully saturated rings. The van der Waals surface area contributed by atoms with Crippen LogP contribution in [0.3, 0.4) is 0 Å². The van der Waals surface area contributed by atoms with Crippen molar-refractivity contribution in [2.24, 2.45) is 0 Å². The standard InChI is InChI=1S/C25H33F2N9O3/c1-34-12-8-17(9-13-34)39-24(38)31-20-7-11-28-22(29-20)36-14-10-25(26,27)19(15-36)35(2)23(37)30-21-6-5-18(32-33-21)16-3-4-16/h5-7,11,16-17,19H,3-4,8-10,12-15H2,1-2H3,(H,30,33,37)(H,28,29,31,38)/t19-/m0/s1. The number of nitrogens with zero attached hydrogens (tertiary/aromatic N) is 7. The normalized spacial score (nSPS) is 21.7. The number of carbonyl (C=O) groups excluding carboxylic acids is 2. The molecule has 1 atom stereocenters. The van der Waals surface area contributed by atoms with Crippen LogP contribution >= 0.6 is 0 Å². The Balaban J connectivity index is 1.20. The number of carbonyl (C=O) groups is 2. The van der Waals surface area contributed by atoms with Gasteiger partial charge in [0, 0.05) is 51.8 Å². The summed E-state index contributed by atoms with van der Waals surface area (Å²) < 4.78 is 35.4. The fourth-order valence-electron chi connectivity index (χ4n) is 4.78. The Morgan fingerprint density at radius 2 is 1.82 bits per heavy atom. The lowest BCUT2D eigenvalue weighted by molar-refractivity contribution is -0.0760. The molecule has 3 aliphatic rings. The van der Waals surface area contributed by atoms with E-state index >= 15 is 0 Å². The van der Waals surface area contributed by atoms with Crippen molar-refractivity contribution in [3.05, 3.63) is 30.1 Å². The van der Waals surface area contributed by atoms with Crippen LogP contribution in [0.4, 0.5) is 36.0 Å². The molecule has 2 aromatic heterocycles. The van der Waals surface area contributed by atoms with E-state index in [2.05, 4.69) is 35.7 Å². The van der Waals surface area contributed by atoms with Gasteiger partial charge < -0.3 is 19.4 Å². The van der Waals surface area contributed by atoms with E-state index in [1.165, 1.54) is 19.3 Å². The van der Waals surface area contributed by atoms with E-state index in [1.807, 2.05) is 7.05 Å². The Morgan fingerprint density at radius 1 is 1.05 bits per heavy atom. The summed E-state index contributed by atoms with van der Waals surface area (Å²) in [6, 6.07) is 2.76. The third-order valence-corrected chi connectivity index (χ3v) is 7.39. The molecule has 2 aliphatic heterocycles. The number of hydrogen-bond acceptors (Lipinski definition) is 9. The summed E-state index contributed by atoms with van der Waals surface area (Å²) in [5.74, 6) is -2.15. The molecule has 1 saturated carbocycles. The lowest BCUT2D eigenvalue weighted by Crippen LogP contribution is -2.60. The van der Waals surface area contributed by atoms with Gasteiger partial charge in [0.05, 0.1) is 5.69 Å². The van der Waals surface area contributed by atoms with Crippen molar-refractivity contribution in [1.82, 2.24) is 30.0 Å². The van der Waals surface area contributed by atoms with Crippen molar-refractivity contribution in [3.8, 4) is 0 Å². The molecule has 5 rings (SSSR count). The number of halogens is 2. The number of rotatable bonds is 6. The SMILES string of the molecule is CN1CCC(OC(=O)Nc2ccnc(N3CCC(F)(F)[C@@H](N(C)C(=O)Nc4ccc(C5CC5)nn4)C3)n2)CC1. The summed E-state index contributed by atoms with van der Waals surface area (Å²) in [5, 5.41) is 13.3. The zero-order chi connectivity index (χ0) is 27.6. The Kier molecular flexibility index (Phi) is 7.73. The third kappa shape index (κ3) is 6.67. The molecule has 1 aliphatic carbocycles. The van der Waals surface area contributed by atoms with Gasteiger partial charge >= 0.3 is 12.1 Å². The van der Waals surface area contributed by atoms with Crippen LogP contribution in [0.25, 0.3) is 0 Å². The van der Waals surface area contributed by atoms with Crippen molar-refractivity contribution < 1.29 is 23.1 Å². The second kappa shape index (κ2) is 11.2. The van der Waals surface area contributed by atoms with Crippen LogP contribution in [0.15, 0.2) is 24.4 Å². The maximum absolute atomic E-state index is 15.0. The molecule has 3 amide bonds. The van der Waals surface area contributed by atoms with Gasteiger partial charge in [0.2, 0.25) is 5.95 Å². The number of aromatic nitrogens is 4. The van der Waals surface area contributed by atoms with Crippen LogP contribution in [0.2, 0.25) is 0 Å². The highest BCUT2D eigenvalue weighted by molar-refractivity contribution is 5.88. The van der Waals surface area contributed by atoms with Gasteiger partial charge in [-0.05, 0) is 50.9 Å². The second-order valence-corrected chi connectivity index (χ2v) is 10.4. The molecule has 12 nitrogen and oxygen atoms in total. The highest BCUT2D eigenvalue weighted by Gasteiger charge is 2.48. The molecule has 0 aromatic carbocycles. The number of likely N-dealkylation sites (tertiary alicyclic amines) is 1. The summed E-state index contributed by atoms with van der Waals surface area (Å²) in [7, 11) is 3.34. The predicted molar refractivity (Wildman–Crippen MR) is 139 cm³/mol. The molecule has 2 saturated heterocycles. The van der Waals surface area contributed by atoms with E-state index in [0.717, 1.165) is 49.4 Å². The maximum Gasteiger partial charge on any atom is 0.413 e. The topological polar surface area (TPSA) is 129 Å². The van der Waals surface area contributed by atoms with E-state index in [-0.39, 0.29) is 36.8 Å². The van der Waals surface area contributed by atoms with E-state index in [0.29, 0.717) is 5.92 Å². The Bertz CT molecular complexity index is 1170. The van der Waals surface area contributed by atoms with Crippen LogP contribution in [0, 0.1) is 0 Å². The number of anilines is 3. The highest BCUT2D eigenvalue weighted by atomic mass is 19.3. The summed E-state index contributed by atoms with van der Waals surface area (Å²) in [6.45, 7) is 1.48. The summed E-state index contributed by atoms with van der Waals surface area (Å²) in [4.78, 5) is 38.5. The minimum Gasteiger partial charge on any atom is -0.446 e. The Labute approximate surface area is 225 Å². The van der Waals surface area contributed by atoms with E-state index in [4.69, 9.17) is 4.74 Å². The average Bonchev–Trinajstić information content (AvgIpc) is 3.76. The van der Waals surface area contributed by atoms with Gasteiger partial charge in [-0.2, -0.15) is 10.1 Å². The number of urea groups is 1. The van der Waals surface area contributed by atoms with Crippen LogP contribution in [0.5, 0.6) is 0 Å². The monoisotopic (exact) mass is 545 g/mol. The second-order valence-electron chi connectivity index (χ2n) is 10.4. The number of alkyl halides is 2. The van der Waals surface area contributed by atoms with E-state index in [9.17, 15) is 18.4 Å². The van der Waals surface area contributed by atoms with Gasteiger partial charge in [-0.15, -0.1) is 5.10 Å². The molecule has 2 N–H and O–H groups in total. The molecular formula is C25H33F2N9O3. The lowest BCUT2D eigenvalue weighted by atomic mass is 10.00. The summed E-state index contributed by atoms with van der Waals surface area (Å²) in [5.41, 5.74) is 0.864.